The maximum Gasteiger partial charge on any atom is 0.308 e. The van der Waals surface area contributed by atoms with Crippen LogP contribution < -0.4 is 4.74 Å². The summed E-state index contributed by atoms with van der Waals surface area (Å²) in [5.41, 5.74) is 1.35. The smallest absolute Gasteiger partial charge is 0.308 e. The molecular formula is C18H20N2O5. The fourth-order valence-corrected chi connectivity index (χ4v) is 3.30. The summed E-state index contributed by atoms with van der Waals surface area (Å²) in [5.74, 6) is -0.982. The van der Waals surface area contributed by atoms with Crippen molar-refractivity contribution in [2.45, 2.75) is 19.8 Å². The molecule has 2 atom stereocenters. The van der Waals surface area contributed by atoms with Gasteiger partial charge in [-0.05, 0) is 24.6 Å². The lowest BCUT2D eigenvalue weighted by Gasteiger charge is -2.16. The predicted octanol–water partition coefficient (Wildman–Crippen LogP) is 2.24. The Balaban J connectivity index is 1.89. The van der Waals surface area contributed by atoms with Crippen LogP contribution in [0, 0.1) is 19.8 Å². The van der Waals surface area contributed by atoms with E-state index >= 15 is 0 Å². The Morgan fingerprint density at radius 3 is 2.68 bits per heavy atom. The number of hydrogen-bond donors (Lipinski definition) is 1. The average molecular weight is 344 g/mol. The molecule has 3 rings (SSSR count). The number of carbonyl (C=O) groups excluding carboxylic acids is 1. The number of hydrogen-bond acceptors (Lipinski definition) is 5. The minimum absolute atomic E-state index is 0.134. The van der Waals surface area contributed by atoms with Crippen LogP contribution in [0.1, 0.15) is 33.6 Å². The molecule has 2 heterocycles. The summed E-state index contributed by atoms with van der Waals surface area (Å²) in [4.78, 5) is 30.1. The molecule has 2 unspecified atom stereocenters. The third-order valence-corrected chi connectivity index (χ3v) is 4.54. The summed E-state index contributed by atoms with van der Waals surface area (Å²) < 4.78 is 10.6. The zero-order valence-electron chi connectivity index (χ0n) is 14.4. The first-order chi connectivity index (χ1) is 11.9. The highest BCUT2D eigenvalue weighted by Crippen LogP contribution is 2.35. The molecule has 1 aliphatic heterocycles. The van der Waals surface area contributed by atoms with E-state index in [0.717, 1.165) is 5.56 Å². The van der Waals surface area contributed by atoms with Gasteiger partial charge in [0, 0.05) is 25.9 Å². The van der Waals surface area contributed by atoms with E-state index in [1.165, 1.54) is 4.90 Å². The van der Waals surface area contributed by atoms with Crippen molar-refractivity contribution >= 4 is 11.9 Å². The number of carboxylic acids is 1. The molecule has 1 fully saturated rings. The summed E-state index contributed by atoms with van der Waals surface area (Å²) in [6.45, 7) is 3.82. The van der Waals surface area contributed by atoms with E-state index in [9.17, 15) is 14.7 Å². The molecule has 1 aromatic heterocycles. The predicted molar refractivity (Wildman–Crippen MR) is 88.7 cm³/mol. The van der Waals surface area contributed by atoms with Gasteiger partial charge in [-0.3, -0.25) is 9.59 Å². The van der Waals surface area contributed by atoms with E-state index in [0.29, 0.717) is 23.9 Å². The number of likely N-dealkylation sites (tertiary alicyclic amines) is 1. The van der Waals surface area contributed by atoms with Gasteiger partial charge in [0.15, 0.2) is 5.89 Å². The van der Waals surface area contributed by atoms with E-state index in [-0.39, 0.29) is 24.1 Å². The number of ether oxygens (including phenoxy) is 1. The molecule has 25 heavy (non-hydrogen) atoms. The van der Waals surface area contributed by atoms with Crippen molar-refractivity contribution in [3.05, 3.63) is 47.2 Å². The first-order valence-electron chi connectivity index (χ1n) is 8.00. The summed E-state index contributed by atoms with van der Waals surface area (Å²) >= 11 is 0. The quantitative estimate of drug-likeness (QED) is 0.914. The highest BCUT2D eigenvalue weighted by Gasteiger charge is 2.41. The van der Waals surface area contributed by atoms with Gasteiger partial charge in [0.05, 0.1) is 18.7 Å². The number of benzene rings is 1. The molecule has 7 nitrogen and oxygen atoms in total. The molecule has 1 N–H and O–H groups in total. The van der Waals surface area contributed by atoms with E-state index in [1.807, 2.05) is 18.2 Å². The van der Waals surface area contributed by atoms with Gasteiger partial charge in [0.1, 0.15) is 5.75 Å². The number of aromatic nitrogens is 1. The van der Waals surface area contributed by atoms with Crippen LogP contribution in [0.5, 0.6) is 5.75 Å². The lowest BCUT2D eigenvalue weighted by Crippen LogP contribution is -2.30. The maximum absolute atomic E-state index is 12.7. The monoisotopic (exact) mass is 344 g/mol. The fraction of sp³-hybridized carbons (Fsp3) is 0.389. The first kappa shape index (κ1) is 17.0. The molecule has 1 saturated heterocycles. The highest BCUT2D eigenvalue weighted by atomic mass is 16.5. The maximum atomic E-state index is 12.7. The van der Waals surface area contributed by atoms with Crippen LogP contribution in [0.3, 0.4) is 0 Å². The normalized spacial score (nSPS) is 19.9. The number of rotatable bonds is 4. The molecule has 7 heteroatoms. The molecular weight excluding hydrogens is 324 g/mol. The average Bonchev–Trinajstić information content (AvgIpc) is 3.18. The van der Waals surface area contributed by atoms with Crippen molar-refractivity contribution in [3.63, 3.8) is 0 Å². The zero-order chi connectivity index (χ0) is 18.1. The van der Waals surface area contributed by atoms with Crippen molar-refractivity contribution in [3.8, 4) is 5.75 Å². The largest absolute Gasteiger partial charge is 0.497 e. The molecule has 0 radical (unpaired) electrons. The van der Waals surface area contributed by atoms with Gasteiger partial charge in [-0.15, -0.1) is 0 Å². The van der Waals surface area contributed by atoms with Gasteiger partial charge in [0.2, 0.25) is 5.76 Å². The van der Waals surface area contributed by atoms with Gasteiger partial charge in [-0.25, -0.2) is 4.98 Å². The molecule has 132 valence electrons. The van der Waals surface area contributed by atoms with Gasteiger partial charge >= 0.3 is 5.97 Å². The lowest BCUT2D eigenvalue weighted by atomic mass is 9.89. The van der Waals surface area contributed by atoms with Crippen LogP contribution in [0.25, 0.3) is 0 Å². The Bertz CT molecular complexity index is 814. The van der Waals surface area contributed by atoms with Crippen LogP contribution in [0.15, 0.2) is 28.7 Å². The zero-order valence-corrected chi connectivity index (χ0v) is 14.4. The summed E-state index contributed by atoms with van der Waals surface area (Å²) in [7, 11) is 1.56. The second kappa shape index (κ2) is 6.58. The minimum atomic E-state index is -0.923. The van der Waals surface area contributed by atoms with E-state index in [2.05, 4.69) is 4.98 Å². The molecule has 0 spiro atoms. The summed E-state index contributed by atoms with van der Waals surface area (Å²) in [5, 5.41) is 9.60. The third-order valence-electron chi connectivity index (χ3n) is 4.54. The Labute approximate surface area is 145 Å². The highest BCUT2D eigenvalue weighted by molar-refractivity contribution is 5.93. The third kappa shape index (κ3) is 3.22. The van der Waals surface area contributed by atoms with Gasteiger partial charge in [0.25, 0.3) is 5.91 Å². The number of carbonyl (C=O) groups is 2. The molecule has 0 aliphatic carbocycles. The van der Waals surface area contributed by atoms with Crippen molar-refractivity contribution in [1.29, 1.82) is 0 Å². The number of oxazole rings is 1. The molecule has 1 aromatic carbocycles. The number of nitrogens with zero attached hydrogens (tertiary/aromatic N) is 2. The molecule has 0 saturated carbocycles. The summed E-state index contributed by atoms with van der Waals surface area (Å²) in [6.07, 6.45) is 0. The van der Waals surface area contributed by atoms with Crippen molar-refractivity contribution in [1.82, 2.24) is 9.88 Å². The second-order valence-electron chi connectivity index (χ2n) is 6.19. The van der Waals surface area contributed by atoms with Gasteiger partial charge < -0.3 is 19.2 Å². The SMILES string of the molecule is COc1cccc(C2CN(C(=O)c3oc(C)nc3C)CC2C(=O)O)c1. The Morgan fingerprint density at radius 2 is 2.08 bits per heavy atom. The van der Waals surface area contributed by atoms with Crippen LogP contribution in [-0.2, 0) is 4.79 Å². The van der Waals surface area contributed by atoms with E-state index in [1.54, 1.807) is 27.0 Å². The van der Waals surface area contributed by atoms with E-state index in [4.69, 9.17) is 9.15 Å². The Morgan fingerprint density at radius 1 is 1.32 bits per heavy atom. The number of amides is 1. The van der Waals surface area contributed by atoms with Gasteiger partial charge in [-0.1, -0.05) is 12.1 Å². The minimum Gasteiger partial charge on any atom is -0.497 e. The van der Waals surface area contributed by atoms with Crippen molar-refractivity contribution in [2.75, 3.05) is 20.2 Å². The fourth-order valence-electron chi connectivity index (χ4n) is 3.30. The molecule has 1 aliphatic rings. The van der Waals surface area contributed by atoms with Crippen molar-refractivity contribution < 1.29 is 23.8 Å². The summed E-state index contributed by atoms with van der Waals surface area (Å²) in [6, 6.07) is 7.30. The molecule has 0 bridgehead atoms. The number of aryl methyl sites for hydroxylation is 2. The second-order valence-corrected chi connectivity index (χ2v) is 6.19. The Kier molecular flexibility index (Phi) is 4.48. The van der Waals surface area contributed by atoms with Crippen LogP contribution in [-0.4, -0.2) is 47.1 Å². The topological polar surface area (TPSA) is 92.9 Å². The Hall–Kier alpha value is -2.83. The number of aliphatic carboxylic acids is 1. The van der Waals surface area contributed by atoms with Crippen LogP contribution >= 0.6 is 0 Å². The number of methoxy groups -OCH3 is 1. The van der Waals surface area contributed by atoms with E-state index < -0.39 is 11.9 Å². The standard InChI is InChI=1S/C18H20N2O5/c1-10-16(25-11(2)19-10)17(21)20-8-14(15(9-20)18(22)23)12-5-4-6-13(7-12)24-3/h4-7,14-15H,8-9H2,1-3H3,(H,22,23). The molecule has 2 aromatic rings. The van der Waals surface area contributed by atoms with Crippen LogP contribution in [0.4, 0.5) is 0 Å². The van der Waals surface area contributed by atoms with Crippen LogP contribution in [0.2, 0.25) is 0 Å². The van der Waals surface area contributed by atoms with Crippen molar-refractivity contribution in [2.24, 2.45) is 5.92 Å². The van der Waals surface area contributed by atoms with Gasteiger partial charge in [-0.2, -0.15) is 0 Å². The number of carboxylic acid groups (broad SMARTS) is 1. The molecule has 1 amide bonds. The first-order valence-corrected chi connectivity index (χ1v) is 8.00. The lowest BCUT2D eigenvalue weighted by molar-refractivity contribution is -0.141.